The van der Waals surface area contributed by atoms with Crippen molar-refractivity contribution in [2.24, 2.45) is 0 Å². The van der Waals surface area contributed by atoms with Crippen LogP contribution in [0.1, 0.15) is 15.2 Å². The van der Waals surface area contributed by atoms with Gasteiger partial charge in [-0.15, -0.1) is 11.3 Å². The van der Waals surface area contributed by atoms with E-state index in [0.717, 1.165) is 23.5 Å². The van der Waals surface area contributed by atoms with Gasteiger partial charge in [-0.3, -0.25) is 4.79 Å². The topological polar surface area (TPSA) is 50.2 Å². The van der Waals surface area contributed by atoms with Crippen LogP contribution in [0.5, 0.6) is 5.75 Å². The number of benzene rings is 1. The maximum absolute atomic E-state index is 13.6. The number of hydrogen-bond acceptors (Lipinski definition) is 4. The highest BCUT2D eigenvalue weighted by atomic mass is 32.1. The van der Waals surface area contributed by atoms with Crippen LogP contribution in [0.25, 0.3) is 10.2 Å². The zero-order valence-corrected chi connectivity index (χ0v) is 10.7. The zero-order valence-electron chi connectivity index (χ0n) is 9.93. The van der Waals surface area contributed by atoms with Gasteiger partial charge in [0.2, 0.25) is 5.78 Å². The van der Waals surface area contributed by atoms with Gasteiger partial charge >= 0.3 is 0 Å². The first-order valence-corrected chi connectivity index (χ1v) is 6.46. The average Bonchev–Trinajstić information content (AvgIpc) is 2.76. The SMILES string of the molecule is O=C(c1ccc(F)cc1F)c1sc2ncccc2c1O. The number of aromatic hydroxyl groups is 1. The van der Waals surface area contributed by atoms with Crippen LogP contribution in [0, 0.1) is 11.6 Å². The lowest BCUT2D eigenvalue weighted by Crippen LogP contribution is -2.02. The Kier molecular flexibility index (Phi) is 2.94. The molecule has 0 aliphatic heterocycles. The molecule has 0 fully saturated rings. The van der Waals surface area contributed by atoms with Crippen molar-refractivity contribution in [3.05, 3.63) is 58.6 Å². The molecule has 1 aromatic carbocycles. The van der Waals surface area contributed by atoms with Gasteiger partial charge in [0.15, 0.2) is 0 Å². The quantitative estimate of drug-likeness (QED) is 0.735. The Morgan fingerprint density at radius 3 is 2.75 bits per heavy atom. The van der Waals surface area contributed by atoms with Crippen LogP contribution in [0.4, 0.5) is 8.78 Å². The van der Waals surface area contributed by atoms with E-state index in [2.05, 4.69) is 4.98 Å². The van der Waals surface area contributed by atoms with E-state index in [4.69, 9.17) is 0 Å². The Morgan fingerprint density at radius 1 is 1.25 bits per heavy atom. The lowest BCUT2D eigenvalue weighted by molar-refractivity contribution is 0.103. The minimum Gasteiger partial charge on any atom is -0.506 e. The zero-order chi connectivity index (χ0) is 14.3. The predicted molar refractivity (Wildman–Crippen MR) is 71.1 cm³/mol. The number of thiophene rings is 1. The van der Waals surface area contributed by atoms with Crippen LogP contribution < -0.4 is 0 Å². The smallest absolute Gasteiger partial charge is 0.209 e. The van der Waals surface area contributed by atoms with Crippen molar-refractivity contribution in [2.75, 3.05) is 0 Å². The highest BCUT2D eigenvalue weighted by Gasteiger charge is 2.22. The normalized spacial score (nSPS) is 10.9. The van der Waals surface area contributed by atoms with Crippen molar-refractivity contribution in [1.82, 2.24) is 4.98 Å². The minimum absolute atomic E-state index is 0.00999. The summed E-state index contributed by atoms with van der Waals surface area (Å²) in [7, 11) is 0. The molecule has 0 aliphatic rings. The number of carbonyl (C=O) groups is 1. The van der Waals surface area contributed by atoms with E-state index in [-0.39, 0.29) is 16.2 Å². The second-order valence-electron chi connectivity index (χ2n) is 4.09. The molecule has 20 heavy (non-hydrogen) atoms. The van der Waals surface area contributed by atoms with Gasteiger partial charge in [0, 0.05) is 12.3 Å². The van der Waals surface area contributed by atoms with Crippen molar-refractivity contribution < 1.29 is 18.7 Å². The van der Waals surface area contributed by atoms with E-state index in [1.54, 1.807) is 12.1 Å². The number of hydrogen-bond donors (Lipinski definition) is 1. The molecule has 0 aliphatic carbocycles. The van der Waals surface area contributed by atoms with Crippen LogP contribution >= 0.6 is 11.3 Å². The number of fused-ring (bicyclic) bond motifs is 1. The molecular formula is C14H7F2NO2S. The van der Waals surface area contributed by atoms with Crippen LogP contribution in [-0.4, -0.2) is 15.9 Å². The molecule has 0 radical (unpaired) electrons. The first-order valence-electron chi connectivity index (χ1n) is 5.64. The van der Waals surface area contributed by atoms with Crippen molar-refractivity contribution in [3.8, 4) is 5.75 Å². The number of ketones is 1. The molecule has 0 unspecified atom stereocenters. The summed E-state index contributed by atoms with van der Waals surface area (Å²) in [5.41, 5.74) is -0.284. The highest BCUT2D eigenvalue weighted by molar-refractivity contribution is 7.21. The molecule has 0 spiro atoms. The molecular weight excluding hydrogens is 284 g/mol. The molecule has 0 atom stereocenters. The second kappa shape index (κ2) is 4.64. The molecule has 0 bridgehead atoms. The Labute approximate surface area is 116 Å². The summed E-state index contributed by atoms with van der Waals surface area (Å²) in [4.78, 5) is 16.7. The van der Waals surface area contributed by atoms with Gasteiger partial charge in [-0.1, -0.05) is 0 Å². The predicted octanol–water partition coefficient (Wildman–Crippen LogP) is 3.51. The summed E-state index contributed by atoms with van der Waals surface area (Å²) in [6, 6.07) is 5.94. The standard InChI is InChI=1S/C14H7F2NO2S/c15-7-3-4-8(10(16)6-7)11(18)13-12(19)9-2-1-5-17-14(9)20-13/h1-6,19H. The molecule has 0 amide bonds. The Morgan fingerprint density at radius 2 is 2.05 bits per heavy atom. The number of aromatic nitrogens is 1. The summed E-state index contributed by atoms with van der Waals surface area (Å²) >= 11 is 0.969. The maximum atomic E-state index is 13.6. The van der Waals surface area contributed by atoms with Crippen LogP contribution in [-0.2, 0) is 0 Å². The van der Waals surface area contributed by atoms with Gasteiger partial charge < -0.3 is 5.11 Å². The van der Waals surface area contributed by atoms with Gasteiger partial charge in [0.1, 0.15) is 27.1 Å². The lowest BCUT2D eigenvalue weighted by atomic mass is 10.1. The van der Waals surface area contributed by atoms with Gasteiger partial charge in [-0.2, -0.15) is 0 Å². The molecule has 3 aromatic rings. The van der Waals surface area contributed by atoms with Crippen molar-refractivity contribution >= 4 is 27.3 Å². The number of nitrogens with zero attached hydrogens (tertiary/aromatic N) is 1. The van der Waals surface area contributed by atoms with Crippen molar-refractivity contribution in [3.63, 3.8) is 0 Å². The molecule has 1 N–H and O–H groups in total. The van der Waals surface area contributed by atoms with Crippen LogP contribution in [0.15, 0.2) is 36.5 Å². The van der Waals surface area contributed by atoms with Crippen molar-refractivity contribution in [1.29, 1.82) is 0 Å². The van der Waals surface area contributed by atoms with Crippen molar-refractivity contribution in [2.45, 2.75) is 0 Å². The van der Waals surface area contributed by atoms with E-state index >= 15 is 0 Å². The Bertz CT molecular complexity index is 829. The fraction of sp³-hybridized carbons (Fsp3) is 0. The average molecular weight is 291 g/mol. The van der Waals surface area contributed by atoms with E-state index in [0.29, 0.717) is 16.3 Å². The fourth-order valence-electron chi connectivity index (χ4n) is 1.87. The number of halogens is 2. The van der Waals surface area contributed by atoms with E-state index in [9.17, 15) is 18.7 Å². The fourth-order valence-corrected chi connectivity index (χ4v) is 2.86. The summed E-state index contributed by atoms with van der Waals surface area (Å²) in [6.45, 7) is 0. The first-order chi connectivity index (χ1) is 9.58. The molecule has 3 rings (SSSR count). The molecule has 0 saturated carbocycles. The van der Waals surface area contributed by atoms with E-state index < -0.39 is 17.4 Å². The number of rotatable bonds is 2. The molecule has 6 heteroatoms. The van der Waals surface area contributed by atoms with Gasteiger partial charge in [0.05, 0.1) is 10.9 Å². The van der Waals surface area contributed by atoms with Crippen LogP contribution in [0.3, 0.4) is 0 Å². The summed E-state index contributed by atoms with van der Waals surface area (Å²) in [5, 5.41) is 10.5. The molecule has 0 saturated heterocycles. The largest absolute Gasteiger partial charge is 0.506 e. The van der Waals surface area contributed by atoms with Gasteiger partial charge in [0.25, 0.3) is 0 Å². The van der Waals surface area contributed by atoms with E-state index in [1.807, 2.05) is 0 Å². The molecule has 3 nitrogen and oxygen atoms in total. The van der Waals surface area contributed by atoms with Gasteiger partial charge in [-0.25, -0.2) is 13.8 Å². The lowest BCUT2D eigenvalue weighted by Gasteiger charge is -2.01. The van der Waals surface area contributed by atoms with Gasteiger partial charge in [-0.05, 0) is 24.3 Å². The minimum atomic E-state index is -0.959. The third-order valence-corrected chi connectivity index (χ3v) is 3.92. The summed E-state index contributed by atoms with van der Waals surface area (Å²) in [5.74, 6) is -2.64. The second-order valence-corrected chi connectivity index (χ2v) is 5.09. The molecule has 100 valence electrons. The monoisotopic (exact) mass is 291 g/mol. The first kappa shape index (κ1) is 12.7. The molecule has 2 heterocycles. The van der Waals surface area contributed by atoms with E-state index in [1.165, 1.54) is 6.20 Å². The summed E-state index contributed by atoms with van der Waals surface area (Å²) < 4.78 is 26.5. The maximum Gasteiger partial charge on any atom is 0.209 e. The third kappa shape index (κ3) is 1.94. The third-order valence-electron chi connectivity index (χ3n) is 2.82. The molecule has 2 aromatic heterocycles. The number of pyridine rings is 1. The summed E-state index contributed by atoms with van der Waals surface area (Å²) in [6.07, 6.45) is 1.53. The Balaban J connectivity index is 2.15. The van der Waals surface area contributed by atoms with Crippen LogP contribution in [0.2, 0.25) is 0 Å². The highest BCUT2D eigenvalue weighted by Crippen LogP contribution is 2.37. The number of carbonyl (C=O) groups excluding carboxylic acids is 1. The Hall–Kier alpha value is -2.34.